The minimum atomic E-state index is 0.830. The third-order valence-electron chi connectivity index (χ3n) is 6.80. The van der Waals surface area contributed by atoms with E-state index in [0.29, 0.717) is 0 Å². The molecule has 0 aliphatic heterocycles. The molecule has 144 valence electrons. The largest absolute Gasteiger partial charge is 0.303 e. The second kappa shape index (κ2) is 11.6. The van der Waals surface area contributed by atoms with Gasteiger partial charge in [-0.3, -0.25) is 0 Å². The van der Waals surface area contributed by atoms with Crippen molar-refractivity contribution in [1.29, 1.82) is 0 Å². The smallest absolute Gasteiger partial charge is 0.0123 e. The van der Waals surface area contributed by atoms with Crippen LogP contribution in [0.3, 0.4) is 0 Å². The van der Waals surface area contributed by atoms with Crippen LogP contribution in [0.1, 0.15) is 99.3 Å². The van der Waals surface area contributed by atoms with Gasteiger partial charge in [0, 0.05) is 12.6 Å². The van der Waals surface area contributed by atoms with Gasteiger partial charge in [-0.15, -0.1) is 0 Å². The Labute approximate surface area is 154 Å². The monoisotopic (exact) mass is 337 g/mol. The first kappa shape index (κ1) is 22.0. The summed E-state index contributed by atoms with van der Waals surface area (Å²) in [7, 11) is 2.42. The van der Waals surface area contributed by atoms with Crippen molar-refractivity contribution in [3.8, 4) is 0 Å². The molecule has 1 heteroatoms. The highest BCUT2D eigenvalue weighted by Gasteiger charge is 2.32. The molecule has 0 bridgehead atoms. The SMILES string of the molecule is CCCC(CC)CC(C)CN(C)C1CC(C)CCC1CC(C)CC. The molecule has 24 heavy (non-hydrogen) atoms. The standard InChI is InChI=1S/C23H47N/c1-8-11-21(10-3)14-20(6)17-24(7)23-16-19(5)12-13-22(23)15-18(4)9-2/h18-23H,8-17H2,1-7H3. The van der Waals surface area contributed by atoms with Crippen molar-refractivity contribution in [3.05, 3.63) is 0 Å². The van der Waals surface area contributed by atoms with E-state index >= 15 is 0 Å². The van der Waals surface area contributed by atoms with Crippen molar-refractivity contribution in [3.63, 3.8) is 0 Å². The van der Waals surface area contributed by atoms with Crippen LogP contribution in [-0.2, 0) is 0 Å². The summed E-state index contributed by atoms with van der Waals surface area (Å²) in [5, 5.41) is 0. The molecule has 6 atom stereocenters. The second-order valence-corrected chi connectivity index (χ2v) is 9.34. The minimum Gasteiger partial charge on any atom is -0.303 e. The van der Waals surface area contributed by atoms with E-state index in [1.165, 1.54) is 64.3 Å². The molecule has 0 spiro atoms. The van der Waals surface area contributed by atoms with Crippen molar-refractivity contribution in [1.82, 2.24) is 4.90 Å². The van der Waals surface area contributed by atoms with Gasteiger partial charge in [-0.05, 0) is 62.3 Å². The van der Waals surface area contributed by atoms with Crippen molar-refractivity contribution in [2.75, 3.05) is 13.6 Å². The van der Waals surface area contributed by atoms with Crippen LogP contribution >= 0.6 is 0 Å². The normalized spacial score (nSPS) is 28.8. The van der Waals surface area contributed by atoms with E-state index in [1.807, 2.05) is 0 Å². The fourth-order valence-electron chi connectivity index (χ4n) is 5.08. The van der Waals surface area contributed by atoms with Gasteiger partial charge in [-0.1, -0.05) is 73.6 Å². The fraction of sp³-hybridized carbons (Fsp3) is 1.00. The number of hydrogen-bond donors (Lipinski definition) is 0. The Morgan fingerprint density at radius 1 is 1.00 bits per heavy atom. The zero-order valence-corrected chi connectivity index (χ0v) is 18.0. The summed E-state index contributed by atoms with van der Waals surface area (Å²) in [6.07, 6.45) is 12.7. The van der Waals surface area contributed by atoms with Gasteiger partial charge in [0.15, 0.2) is 0 Å². The summed E-state index contributed by atoms with van der Waals surface area (Å²) < 4.78 is 0. The molecule has 0 N–H and O–H groups in total. The Hall–Kier alpha value is -0.0400. The van der Waals surface area contributed by atoms with Gasteiger partial charge in [0.25, 0.3) is 0 Å². The maximum Gasteiger partial charge on any atom is 0.0123 e. The number of rotatable bonds is 11. The first-order chi connectivity index (χ1) is 11.4. The molecule has 0 aromatic carbocycles. The second-order valence-electron chi connectivity index (χ2n) is 9.34. The molecule has 0 aromatic heterocycles. The van der Waals surface area contributed by atoms with Crippen molar-refractivity contribution in [2.45, 2.75) is 105 Å². The van der Waals surface area contributed by atoms with Gasteiger partial charge in [0.1, 0.15) is 0 Å². The first-order valence-corrected chi connectivity index (χ1v) is 11.1. The van der Waals surface area contributed by atoms with E-state index in [9.17, 15) is 0 Å². The Morgan fingerprint density at radius 3 is 2.29 bits per heavy atom. The lowest BCUT2D eigenvalue weighted by Gasteiger charge is -2.42. The summed E-state index contributed by atoms with van der Waals surface area (Å²) in [5.74, 6) is 4.54. The van der Waals surface area contributed by atoms with E-state index in [1.54, 1.807) is 0 Å². The maximum atomic E-state index is 2.76. The van der Waals surface area contributed by atoms with Gasteiger partial charge < -0.3 is 4.90 Å². The topological polar surface area (TPSA) is 3.24 Å². The van der Waals surface area contributed by atoms with E-state index in [4.69, 9.17) is 0 Å². The lowest BCUT2D eigenvalue weighted by molar-refractivity contribution is 0.0763. The molecule has 1 aliphatic carbocycles. The van der Waals surface area contributed by atoms with Crippen molar-refractivity contribution in [2.24, 2.45) is 29.6 Å². The molecule has 6 unspecified atom stereocenters. The van der Waals surface area contributed by atoms with Crippen LogP contribution < -0.4 is 0 Å². The summed E-state index contributed by atoms with van der Waals surface area (Å²) in [5.41, 5.74) is 0. The number of hydrogen-bond acceptors (Lipinski definition) is 1. The Balaban J connectivity index is 2.58. The van der Waals surface area contributed by atoms with E-state index in [2.05, 4.69) is 53.5 Å². The summed E-state index contributed by atoms with van der Waals surface area (Å²) in [6, 6.07) is 0.830. The molecule has 1 saturated carbocycles. The Bertz CT molecular complexity index is 313. The molecule has 0 radical (unpaired) electrons. The molecule has 1 nitrogen and oxygen atoms in total. The van der Waals surface area contributed by atoms with Crippen LogP contribution in [0, 0.1) is 29.6 Å². The van der Waals surface area contributed by atoms with Crippen LogP contribution in [0.15, 0.2) is 0 Å². The molecular formula is C23H47N. The molecule has 0 aromatic rings. The van der Waals surface area contributed by atoms with Crippen LogP contribution in [0.25, 0.3) is 0 Å². The zero-order valence-electron chi connectivity index (χ0n) is 18.0. The van der Waals surface area contributed by atoms with Gasteiger partial charge >= 0.3 is 0 Å². The Morgan fingerprint density at radius 2 is 1.71 bits per heavy atom. The average molecular weight is 338 g/mol. The molecule has 1 rings (SSSR count). The molecule has 0 amide bonds. The van der Waals surface area contributed by atoms with Gasteiger partial charge in [-0.25, -0.2) is 0 Å². The predicted molar refractivity (Wildman–Crippen MR) is 109 cm³/mol. The van der Waals surface area contributed by atoms with Gasteiger partial charge in [-0.2, -0.15) is 0 Å². The average Bonchev–Trinajstić information content (AvgIpc) is 2.55. The fourth-order valence-corrected chi connectivity index (χ4v) is 5.08. The third kappa shape index (κ3) is 7.46. The quantitative estimate of drug-likeness (QED) is 0.392. The lowest BCUT2D eigenvalue weighted by atomic mass is 9.74. The molecule has 1 aliphatic rings. The van der Waals surface area contributed by atoms with Crippen LogP contribution in [0.4, 0.5) is 0 Å². The predicted octanol–water partition coefficient (Wildman–Crippen LogP) is 7.01. The minimum absolute atomic E-state index is 0.830. The van der Waals surface area contributed by atoms with E-state index in [0.717, 1.165) is 35.6 Å². The van der Waals surface area contributed by atoms with E-state index < -0.39 is 0 Å². The van der Waals surface area contributed by atoms with Gasteiger partial charge in [0.05, 0.1) is 0 Å². The molecule has 0 saturated heterocycles. The highest BCUT2D eigenvalue weighted by molar-refractivity contribution is 4.86. The van der Waals surface area contributed by atoms with Crippen LogP contribution in [0.5, 0.6) is 0 Å². The highest BCUT2D eigenvalue weighted by Crippen LogP contribution is 2.36. The summed E-state index contributed by atoms with van der Waals surface area (Å²) in [4.78, 5) is 2.76. The first-order valence-electron chi connectivity index (χ1n) is 11.1. The zero-order chi connectivity index (χ0) is 18.1. The highest BCUT2D eigenvalue weighted by atomic mass is 15.1. The summed E-state index contributed by atoms with van der Waals surface area (Å²) >= 11 is 0. The van der Waals surface area contributed by atoms with E-state index in [-0.39, 0.29) is 0 Å². The Kier molecular flexibility index (Phi) is 10.6. The lowest BCUT2D eigenvalue weighted by Crippen LogP contribution is -2.44. The van der Waals surface area contributed by atoms with Crippen LogP contribution in [0.2, 0.25) is 0 Å². The van der Waals surface area contributed by atoms with Gasteiger partial charge in [0.2, 0.25) is 0 Å². The number of nitrogens with zero attached hydrogens (tertiary/aromatic N) is 1. The maximum absolute atomic E-state index is 2.76. The van der Waals surface area contributed by atoms with Crippen LogP contribution in [-0.4, -0.2) is 24.5 Å². The van der Waals surface area contributed by atoms with Crippen molar-refractivity contribution >= 4 is 0 Å². The molecule has 1 fully saturated rings. The summed E-state index contributed by atoms with van der Waals surface area (Å²) in [6.45, 7) is 15.8. The molecule has 0 heterocycles. The molecular weight excluding hydrogens is 290 g/mol. The van der Waals surface area contributed by atoms with Crippen molar-refractivity contribution < 1.29 is 0 Å². The third-order valence-corrected chi connectivity index (χ3v) is 6.80.